The summed E-state index contributed by atoms with van der Waals surface area (Å²) in [5.74, 6) is -12.0. The summed E-state index contributed by atoms with van der Waals surface area (Å²) in [7, 11) is 0. The molecule has 1 unspecified atom stereocenters. The van der Waals surface area contributed by atoms with Crippen molar-refractivity contribution in [2.24, 2.45) is 11.8 Å². The average Bonchev–Trinajstić information content (AvgIpc) is 2.89. The molecule has 0 saturated heterocycles. The highest BCUT2D eigenvalue weighted by Crippen LogP contribution is 2.60. The van der Waals surface area contributed by atoms with E-state index in [1.165, 1.54) is 19.1 Å². The van der Waals surface area contributed by atoms with Gasteiger partial charge in [-0.2, -0.15) is 17.6 Å². The van der Waals surface area contributed by atoms with Crippen molar-refractivity contribution in [3.8, 4) is 16.9 Å². The molecule has 206 valence electrons. The first-order chi connectivity index (χ1) is 18.1. The molecule has 5 rings (SSSR count). The first-order valence-corrected chi connectivity index (χ1v) is 13.5. The number of hydrogen-bond donors (Lipinski definition) is 0. The van der Waals surface area contributed by atoms with Crippen molar-refractivity contribution in [3.63, 3.8) is 0 Å². The number of benzene rings is 2. The maximum absolute atomic E-state index is 15.8. The van der Waals surface area contributed by atoms with Gasteiger partial charge in [-0.05, 0) is 92.2 Å². The molecule has 0 aromatic heterocycles. The fourth-order valence-electron chi connectivity index (χ4n) is 6.31. The number of rotatable bonds is 6. The van der Waals surface area contributed by atoms with Crippen molar-refractivity contribution in [1.29, 1.82) is 0 Å². The fraction of sp³-hybridized carbons (Fsp3) is 0.533. The van der Waals surface area contributed by atoms with Gasteiger partial charge in [0, 0.05) is 5.92 Å². The van der Waals surface area contributed by atoms with Crippen molar-refractivity contribution in [3.05, 3.63) is 64.4 Å². The van der Waals surface area contributed by atoms with Crippen LogP contribution in [0.25, 0.3) is 11.1 Å². The minimum Gasteiger partial charge on any atom is -0.498 e. The van der Waals surface area contributed by atoms with Gasteiger partial charge in [0.05, 0.1) is 30.1 Å². The largest absolute Gasteiger partial charge is 0.498 e. The molecular weight excluding hydrogens is 506 g/mol. The highest BCUT2D eigenvalue weighted by Gasteiger charge is 2.65. The molecule has 1 atom stereocenters. The van der Waals surface area contributed by atoms with Crippen molar-refractivity contribution in [1.82, 2.24) is 0 Å². The van der Waals surface area contributed by atoms with E-state index in [1.54, 1.807) is 0 Å². The van der Waals surface area contributed by atoms with Crippen LogP contribution in [0.1, 0.15) is 81.4 Å². The van der Waals surface area contributed by atoms with Gasteiger partial charge in [-0.1, -0.05) is 25.5 Å². The Morgan fingerprint density at radius 1 is 0.842 bits per heavy atom. The quantitative estimate of drug-likeness (QED) is 0.341. The van der Waals surface area contributed by atoms with Gasteiger partial charge in [-0.3, -0.25) is 0 Å². The van der Waals surface area contributed by atoms with Crippen LogP contribution in [0, 0.1) is 23.5 Å². The molecule has 1 aliphatic heterocycles. The number of alkyl halides is 4. The summed E-state index contributed by atoms with van der Waals surface area (Å²) in [5.41, 5.74) is -3.69. The van der Waals surface area contributed by atoms with Crippen molar-refractivity contribution in [2.45, 2.75) is 76.6 Å². The Hall–Kier alpha value is -2.64. The van der Waals surface area contributed by atoms with Crippen LogP contribution in [-0.4, -0.2) is 13.2 Å². The minimum absolute atomic E-state index is 0.00841. The van der Waals surface area contributed by atoms with Crippen LogP contribution in [0.5, 0.6) is 5.75 Å². The van der Waals surface area contributed by atoms with Crippen LogP contribution in [0.4, 0.5) is 26.3 Å². The van der Waals surface area contributed by atoms with Crippen molar-refractivity contribution < 1.29 is 35.8 Å². The molecule has 8 heteroatoms. The lowest BCUT2D eigenvalue weighted by Crippen LogP contribution is -2.41. The number of allylic oxidation sites excluding steroid dienone is 2. The lowest BCUT2D eigenvalue weighted by molar-refractivity contribution is -0.228. The zero-order valence-electron chi connectivity index (χ0n) is 21.6. The molecule has 1 saturated carbocycles. The summed E-state index contributed by atoms with van der Waals surface area (Å²) in [6.45, 7) is 4.33. The summed E-state index contributed by atoms with van der Waals surface area (Å²) in [4.78, 5) is 0. The van der Waals surface area contributed by atoms with E-state index in [1.807, 2.05) is 0 Å². The Morgan fingerprint density at radius 3 is 2.03 bits per heavy atom. The predicted molar refractivity (Wildman–Crippen MR) is 132 cm³/mol. The smallest absolute Gasteiger partial charge is 0.343 e. The Balaban J connectivity index is 1.44. The number of fused-ring (bicyclic) bond motifs is 3. The van der Waals surface area contributed by atoms with E-state index in [-0.39, 0.29) is 24.0 Å². The Morgan fingerprint density at radius 2 is 1.45 bits per heavy atom. The molecule has 1 heterocycles. The molecule has 2 aromatic carbocycles. The van der Waals surface area contributed by atoms with E-state index < -0.39 is 51.5 Å². The van der Waals surface area contributed by atoms with Gasteiger partial charge >= 0.3 is 11.8 Å². The summed E-state index contributed by atoms with van der Waals surface area (Å²) >= 11 is 0. The van der Waals surface area contributed by atoms with E-state index in [2.05, 4.69) is 13.0 Å². The Bertz CT molecular complexity index is 1230. The molecule has 3 aliphatic rings. The average molecular weight is 539 g/mol. The summed E-state index contributed by atoms with van der Waals surface area (Å²) in [5, 5.41) is 0. The molecule has 0 spiro atoms. The van der Waals surface area contributed by atoms with Gasteiger partial charge in [0.2, 0.25) is 0 Å². The van der Waals surface area contributed by atoms with Crippen LogP contribution >= 0.6 is 0 Å². The third-order valence-electron chi connectivity index (χ3n) is 8.30. The monoisotopic (exact) mass is 538 g/mol. The van der Waals surface area contributed by atoms with Crippen LogP contribution in [0.2, 0.25) is 0 Å². The normalized spacial score (nSPS) is 25.6. The topological polar surface area (TPSA) is 18.5 Å². The molecule has 2 nitrogen and oxygen atoms in total. The Kier molecular flexibility index (Phi) is 7.20. The molecule has 0 radical (unpaired) electrons. The molecule has 0 bridgehead atoms. The zero-order valence-corrected chi connectivity index (χ0v) is 21.6. The van der Waals surface area contributed by atoms with Gasteiger partial charge in [-0.15, -0.1) is 0 Å². The lowest BCUT2D eigenvalue weighted by Gasteiger charge is -2.37. The molecule has 2 aromatic rings. The SMILES string of the molecule is CCCC1CC=C(C2CCC(c3ccc4c(c3F)C(F)(F)C(F)(F)c3c-4ccc(OCC)c3F)CC2)OC1. The van der Waals surface area contributed by atoms with Gasteiger partial charge < -0.3 is 9.47 Å². The molecule has 0 amide bonds. The number of hydrogen-bond acceptors (Lipinski definition) is 2. The molecule has 0 N–H and O–H groups in total. The van der Waals surface area contributed by atoms with E-state index in [0.717, 1.165) is 37.2 Å². The van der Waals surface area contributed by atoms with Crippen molar-refractivity contribution in [2.75, 3.05) is 13.2 Å². The third-order valence-corrected chi connectivity index (χ3v) is 8.30. The van der Waals surface area contributed by atoms with Gasteiger partial charge in [0.15, 0.2) is 11.6 Å². The van der Waals surface area contributed by atoms with E-state index in [0.29, 0.717) is 38.2 Å². The predicted octanol–water partition coefficient (Wildman–Crippen LogP) is 9.22. The maximum Gasteiger partial charge on any atom is 0.343 e. The summed E-state index contributed by atoms with van der Waals surface area (Å²) < 4.78 is 103. The summed E-state index contributed by atoms with van der Waals surface area (Å²) in [6, 6.07) is 4.82. The molecule has 38 heavy (non-hydrogen) atoms. The van der Waals surface area contributed by atoms with Gasteiger partial charge in [0.25, 0.3) is 0 Å². The fourth-order valence-corrected chi connectivity index (χ4v) is 6.31. The lowest BCUT2D eigenvalue weighted by atomic mass is 9.74. The van der Waals surface area contributed by atoms with E-state index >= 15 is 22.0 Å². The van der Waals surface area contributed by atoms with Crippen LogP contribution in [0.3, 0.4) is 0 Å². The Labute approximate surface area is 219 Å². The van der Waals surface area contributed by atoms with Gasteiger partial charge in [0.1, 0.15) is 5.82 Å². The summed E-state index contributed by atoms with van der Waals surface area (Å²) in [6.07, 6.45) is 7.80. The van der Waals surface area contributed by atoms with Crippen LogP contribution < -0.4 is 4.74 Å². The van der Waals surface area contributed by atoms with Crippen molar-refractivity contribution >= 4 is 0 Å². The third kappa shape index (κ3) is 4.28. The molecular formula is C30H32F6O2. The van der Waals surface area contributed by atoms with Crippen LogP contribution in [0.15, 0.2) is 36.1 Å². The second-order valence-corrected chi connectivity index (χ2v) is 10.6. The van der Waals surface area contributed by atoms with Crippen LogP contribution in [-0.2, 0) is 16.6 Å². The van der Waals surface area contributed by atoms with E-state index in [4.69, 9.17) is 9.47 Å². The molecule has 1 fully saturated rings. The number of halogens is 6. The zero-order chi connectivity index (χ0) is 27.2. The number of ether oxygens (including phenoxy) is 2. The van der Waals surface area contributed by atoms with E-state index in [9.17, 15) is 4.39 Å². The highest BCUT2D eigenvalue weighted by molar-refractivity contribution is 5.77. The second-order valence-electron chi connectivity index (χ2n) is 10.6. The standard InChI is InChI=1S/C30H32F6O2/c1-3-5-17-6-14-23(38-16-17)19-9-7-18(8-10-19)20-11-12-21-22-13-15-24(37-4-2)28(32)26(22)30(35,36)29(33,34)25(21)27(20)31/h11-15,17-19H,3-10,16H2,1-2H3. The molecule has 2 aliphatic carbocycles. The first-order valence-electron chi connectivity index (χ1n) is 13.5. The second kappa shape index (κ2) is 10.2. The highest BCUT2D eigenvalue weighted by atomic mass is 19.3. The minimum atomic E-state index is -4.95. The maximum atomic E-state index is 15.8. The van der Waals surface area contributed by atoms with Gasteiger partial charge in [-0.25, -0.2) is 8.78 Å². The first kappa shape index (κ1) is 26.9.